The lowest BCUT2D eigenvalue weighted by Gasteiger charge is -2.22. The highest BCUT2D eigenvalue weighted by molar-refractivity contribution is 5.36. The van der Waals surface area contributed by atoms with Gasteiger partial charge in [0.05, 0.1) is 6.04 Å². The molecule has 1 N–H and O–H groups in total. The minimum absolute atomic E-state index is 0.0172. The molecular weight excluding hydrogens is 251 g/mol. The maximum atomic E-state index is 13.5. The molecule has 1 heterocycles. The Kier molecular flexibility index (Phi) is 5.24. The van der Waals surface area contributed by atoms with Gasteiger partial charge in [-0.3, -0.25) is 4.98 Å². The van der Waals surface area contributed by atoms with Crippen molar-refractivity contribution in [1.82, 2.24) is 10.3 Å². The fourth-order valence-electron chi connectivity index (χ4n) is 2.40. The van der Waals surface area contributed by atoms with Gasteiger partial charge in [-0.1, -0.05) is 26.0 Å². The Labute approximate surface area is 120 Å². The highest BCUT2D eigenvalue weighted by Crippen LogP contribution is 2.25. The quantitative estimate of drug-likeness (QED) is 0.863. The van der Waals surface area contributed by atoms with Crippen molar-refractivity contribution in [2.75, 3.05) is 6.54 Å². The van der Waals surface area contributed by atoms with Crippen LogP contribution in [-0.4, -0.2) is 11.5 Å². The molecule has 0 amide bonds. The van der Waals surface area contributed by atoms with E-state index in [2.05, 4.69) is 24.1 Å². The van der Waals surface area contributed by atoms with E-state index < -0.39 is 0 Å². The van der Waals surface area contributed by atoms with Crippen molar-refractivity contribution in [3.63, 3.8) is 0 Å². The number of nitrogens with one attached hydrogen (secondary N) is 1. The average Bonchev–Trinajstić information content (AvgIpc) is 2.48. The summed E-state index contributed by atoms with van der Waals surface area (Å²) in [6.45, 7) is 5.14. The third-order valence-corrected chi connectivity index (χ3v) is 3.41. The molecule has 0 aliphatic rings. The lowest BCUT2D eigenvalue weighted by Crippen LogP contribution is -2.24. The van der Waals surface area contributed by atoms with E-state index in [1.807, 2.05) is 18.3 Å². The Morgan fingerprint density at radius 3 is 2.80 bits per heavy atom. The van der Waals surface area contributed by atoms with Crippen LogP contribution in [0.1, 0.15) is 43.0 Å². The van der Waals surface area contributed by atoms with Crippen LogP contribution in [0.3, 0.4) is 0 Å². The zero-order chi connectivity index (χ0) is 14.4. The van der Waals surface area contributed by atoms with Crippen molar-refractivity contribution in [3.05, 3.63) is 65.2 Å². The molecule has 2 aromatic rings. The third-order valence-electron chi connectivity index (χ3n) is 3.41. The van der Waals surface area contributed by atoms with Crippen LogP contribution in [0.2, 0.25) is 0 Å². The van der Waals surface area contributed by atoms with E-state index in [1.165, 1.54) is 17.2 Å². The molecule has 0 fully saturated rings. The number of hydrogen-bond donors (Lipinski definition) is 1. The van der Waals surface area contributed by atoms with E-state index in [1.54, 1.807) is 18.3 Å². The molecule has 1 unspecified atom stereocenters. The second-order valence-electron chi connectivity index (χ2n) is 4.87. The van der Waals surface area contributed by atoms with Gasteiger partial charge in [0.1, 0.15) is 5.82 Å². The summed E-state index contributed by atoms with van der Waals surface area (Å²) in [5.74, 6) is -0.196. The van der Waals surface area contributed by atoms with Gasteiger partial charge in [0, 0.05) is 12.4 Å². The largest absolute Gasteiger partial charge is 0.306 e. The molecule has 0 saturated carbocycles. The second kappa shape index (κ2) is 7.15. The summed E-state index contributed by atoms with van der Waals surface area (Å²) in [5, 5.41) is 3.51. The number of pyridine rings is 1. The summed E-state index contributed by atoms with van der Waals surface area (Å²) >= 11 is 0. The topological polar surface area (TPSA) is 24.9 Å². The van der Waals surface area contributed by atoms with Crippen LogP contribution in [0.15, 0.2) is 42.7 Å². The summed E-state index contributed by atoms with van der Waals surface area (Å²) in [5.41, 5.74) is 3.34. The molecule has 0 spiro atoms. The first-order valence-corrected chi connectivity index (χ1v) is 7.17. The number of aryl methyl sites for hydroxylation is 1. The molecule has 3 heteroatoms. The van der Waals surface area contributed by atoms with E-state index in [4.69, 9.17) is 0 Å². The molecule has 0 aliphatic carbocycles. The Morgan fingerprint density at radius 2 is 2.10 bits per heavy atom. The predicted molar refractivity (Wildman–Crippen MR) is 80.2 cm³/mol. The molecule has 2 nitrogen and oxygen atoms in total. The summed E-state index contributed by atoms with van der Waals surface area (Å²) in [7, 11) is 0. The van der Waals surface area contributed by atoms with Gasteiger partial charge in [-0.05, 0) is 54.3 Å². The van der Waals surface area contributed by atoms with Crippen molar-refractivity contribution in [1.29, 1.82) is 0 Å². The lowest BCUT2D eigenvalue weighted by molar-refractivity contribution is 0.582. The normalized spacial score (nSPS) is 12.3. The van der Waals surface area contributed by atoms with E-state index in [0.717, 1.165) is 24.9 Å². The number of halogens is 1. The van der Waals surface area contributed by atoms with Crippen molar-refractivity contribution < 1.29 is 4.39 Å². The number of benzene rings is 1. The van der Waals surface area contributed by atoms with Crippen LogP contribution in [0.5, 0.6) is 0 Å². The highest BCUT2D eigenvalue weighted by Gasteiger charge is 2.16. The molecule has 0 aliphatic heterocycles. The molecular formula is C17H21FN2. The van der Waals surface area contributed by atoms with Gasteiger partial charge in [0.2, 0.25) is 0 Å². The SMILES string of the molecule is CCCNC(c1cccc(F)c1)c1ccncc1CC. The first-order valence-electron chi connectivity index (χ1n) is 7.17. The Morgan fingerprint density at radius 1 is 1.25 bits per heavy atom. The molecule has 106 valence electrons. The molecule has 0 saturated heterocycles. The van der Waals surface area contributed by atoms with Crippen LogP contribution in [0, 0.1) is 5.82 Å². The lowest BCUT2D eigenvalue weighted by atomic mass is 9.94. The predicted octanol–water partition coefficient (Wildman–Crippen LogP) is 3.87. The zero-order valence-electron chi connectivity index (χ0n) is 12.1. The fourth-order valence-corrected chi connectivity index (χ4v) is 2.40. The summed E-state index contributed by atoms with van der Waals surface area (Å²) in [4.78, 5) is 4.19. The molecule has 0 radical (unpaired) electrons. The van der Waals surface area contributed by atoms with Crippen molar-refractivity contribution in [3.8, 4) is 0 Å². The summed E-state index contributed by atoms with van der Waals surface area (Å²) in [6, 6.07) is 8.86. The number of rotatable bonds is 6. The molecule has 20 heavy (non-hydrogen) atoms. The van der Waals surface area contributed by atoms with Crippen LogP contribution in [0.25, 0.3) is 0 Å². The minimum atomic E-state index is -0.196. The van der Waals surface area contributed by atoms with Crippen molar-refractivity contribution in [2.45, 2.75) is 32.7 Å². The molecule has 1 atom stereocenters. The first kappa shape index (κ1) is 14.7. The maximum Gasteiger partial charge on any atom is 0.123 e. The van der Waals surface area contributed by atoms with E-state index in [-0.39, 0.29) is 11.9 Å². The van der Waals surface area contributed by atoms with Crippen LogP contribution < -0.4 is 5.32 Å². The van der Waals surface area contributed by atoms with E-state index in [0.29, 0.717) is 0 Å². The van der Waals surface area contributed by atoms with Crippen LogP contribution in [0.4, 0.5) is 4.39 Å². The van der Waals surface area contributed by atoms with Gasteiger partial charge in [-0.15, -0.1) is 0 Å². The molecule has 1 aromatic carbocycles. The standard InChI is InChI=1S/C17H21FN2/c1-3-9-20-17(14-6-5-7-15(18)11-14)16-8-10-19-12-13(16)4-2/h5-8,10-12,17,20H,3-4,9H2,1-2H3. The summed E-state index contributed by atoms with van der Waals surface area (Å²) in [6.07, 6.45) is 5.66. The number of nitrogens with zero attached hydrogens (tertiary/aromatic N) is 1. The van der Waals surface area contributed by atoms with E-state index >= 15 is 0 Å². The van der Waals surface area contributed by atoms with E-state index in [9.17, 15) is 4.39 Å². The Balaban J connectivity index is 2.41. The minimum Gasteiger partial charge on any atom is -0.306 e. The zero-order valence-corrected chi connectivity index (χ0v) is 12.1. The average molecular weight is 272 g/mol. The van der Waals surface area contributed by atoms with Gasteiger partial charge < -0.3 is 5.32 Å². The second-order valence-corrected chi connectivity index (χ2v) is 4.87. The molecule has 2 rings (SSSR count). The van der Waals surface area contributed by atoms with Crippen LogP contribution >= 0.6 is 0 Å². The van der Waals surface area contributed by atoms with Gasteiger partial charge in [0.25, 0.3) is 0 Å². The smallest absolute Gasteiger partial charge is 0.123 e. The van der Waals surface area contributed by atoms with Crippen molar-refractivity contribution >= 4 is 0 Å². The molecule has 0 bridgehead atoms. The Hall–Kier alpha value is -1.74. The monoisotopic (exact) mass is 272 g/mol. The number of aromatic nitrogens is 1. The third kappa shape index (κ3) is 3.42. The summed E-state index contributed by atoms with van der Waals surface area (Å²) < 4.78 is 13.5. The fraction of sp³-hybridized carbons (Fsp3) is 0.353. The highest BCUT2D eigenvalue weighted by atomic mass is 19.1. The van der Waals surface area contributed by atoms with Gasteiger partial charge >= 0.3 is 0 Å². The first-order chi connectivity index (χ1) is 9.76. The van der Waals surface area contributed by atoms with Crippen molar-refractivity contribution in [2.24, 2.45) is 0 Å². The maximum absolute atomic E-state index is 13.5. The van der Waals surface area contributed by atoms with Crippen LogP contribution in [-0.2, 0) is 6.42 Å². The van der Waals surface area contributed by atoms with Gasteiger partial charge in [-0.2, -0.15) is 0 Å². The Bertz CT molecular complexity index is 554. The molecule has 1 aromatic heterocycles. The number of hydrogen-bond acceptors (Lipinski definition) is 2. The van der Waals surface area contributed by atoms with Gasteiger partial charge in [-0.25, -0.2) is 4.39 Å². The van der Waals surface area contributed by atoms with Gasteiger partial charge in [0.15, 0.2) is 0 Å².